The van der Waals surface area contributed by atoms with Gasteiger partial charge in [-0.2, -0.15) is 0 Å². The van der Waals surface area contributed by atoms with E-state index in [1.807, 2.05) is 0 Å². The molecule has 672 valence electrons. The summed E-state index contributed by atoms with van der Waals surface area (Å²) in [7, 11) is -5.53. The lowest BCUT2D eigenvalue weighted by molar-refractivity contribution is -0.272. The molecule has 21 heteroatoms. The van der Waals surface area contributed by atoms with Crippen LogP contribution in [0.3, 0.4) is 0 Å². The fourth-order valence-corrected chi connectivity index (χ4v) is 16.2. The third kappa shape index (κ3) is 65.6. The van der Waals surface area contributed by atoms with Crippen LogP contribution in [0.25, 0.3) is 0 Å². The van der Waals surface area contributed by atoms with Crippen molar-refractivity contribution in [2.75, 3.05) is 19.8 Å². The lowest BCUT2D eigenvalue weighted by Crippen LogP contribution is -2.66. The summed E-state index contributed by atoms with van der Waals surface area (Å²) in [5.74, 6) is -3.47. The van der Waals surface area contributed by atoms with Crippen LogP contribution >= 0.6 is 7.82 Å². The van der Waals surface area contributed by atoms with Crippen LogP contribution in [0.5, 0.6) is 0 Å². The van der Waals surface area contributed by atoms with Gasteiger partial charge in [0, 0.05) is 19.3 Å². The summed E-state index contributed by atoms with van der Waals surface area (Å²) in [6.45, 7) is 11.1. The zero-order valence-electron chi connectivity index (χ0n) is 74.1. The van der Waals surface area contributed by atoms with E-state index in [0.717, 1.165) is 173 Å². The van der Waals surface area contributed by atoms with Gasteiger partial charge in [-0.1, -0.05) is 388 Å². The molecule has 114 heavy (non-hydrogen) atoms. The van der Waals surface area contributed by atoms with Crippen LogP contribution in [-0.4, -0.2) is 131 Å². The van der Waals surface area contributed by atoms with Gasteiger partial charge in [0.05, 0.1) is 45.1 Å². The molecule has 0 aliphatic carbocycles. The van der Waals surface area contributed by atoms with Crippen molar-refractivity contribution in [2.24, 2.45) is 0 Å². The first-order chi connectivity index (χ1) is 55.5. The van der Waals surface area contributed by atoms with Crippen molar-refractivity contribution in [1.29, 1.82) is 0 Å². The van der Waals surface area contributed by atoms with E-state index in [0.29, 0.717) is 51.4 Å². The van der Waals surface area contributed by atoms with Crippen LogP contribution in [0.4, 0.5) is 0 Å². The fourth-order valence-electron chi connectivity index (χ4n) is 15.6. The zero-order chi connectivity index (χ0) is 83.4. The summed E-state index contributed by atoms with van der Waals surface area (Å²) in [4.78, 5) is 106. The molecule has 0 aromatic rings. The summed E-state index contributed by atoms with van der Waals surface area (Å²) in [5, 5.41) is 27.7. The molecule has 6 N–H and O–H groups in total. The number of esters is 4. The number of hydrogen-bond donors (Lipinski definition) is 6. The van der Waals surface area contributed by atoms with Crippen LogP contribution in [-0.2, 0) is 66.3 Å². The minimum absolute atomic E-state index is 0.154. The topological polar surface area (TPSA) is 289 Å². The second kappa shape index (κ2) is 78.3. The third-order valence-corrected chi connectivity index (χ3v) is 23.2. The van der Waals surface area contributed by atoms with Crippen molar-refractivity contribution >= 4 is 43.5 Å². The van der Waals surface area contributed by atoms with Crippen molar-refractivity contribution in [3.63, 3.8) is 0 Å². The molecule has 0 unspecified atom stereocenters. The van der Waals surface area contributed by atoms with E-state index >= 15 is 0 Å². The SMILES string of the molecule is CCCCCCCCCCCCCC(=O)O[C@H](CCCCCCCCCCC)CC(=O)N[C@@H](CO)CO[C@@H]1O[C@H](CO)[C@@H](OP(=O)(O)O)[C@@H](OC(=O)C[C@@H](CCCCCCCCCCC)OC(=O)CCCCCCCCCCCCC)[C@H]1NC(=O)C[C@@H](CCCCCCCCCCC)OC(=O)CCCCCCCCCCCCC. The average molecular weight is 1640 g/mol. The number of rotatable bonds is 85. The number of unbranched alkanes of at least 4 members (excludes halogenated alkanes) is 54. The number of hydrogen-bond acceptors (Lipinski definition) is 16. The van der Waals surface area contributed by atoms with Crippen molar-refractivity contribution < 1.29 is 86.3 Å². The Morgan fingerprint density at radius 3 is 0.904 bits per heavy atom. The molecule has 20 nitrogen and oxygen atoms in total. The molecule has 0 aromatic carbocycles. The van der Waals surface area contributed by atoms with Crippen molar-refractivity contribution in [2.45, 2.75) is 540 Å². The lowest BCUT2D eigenvalue weighted by Gasteiger charge is -2.45. The van der Waals surface area contributed by atoms with Gasteiger partial charge in [-0.3, -0.25) is 33.3 Å². The number of phosphoric acid groups is 1. The van der Waals surface area contributed by atoms with Gasteiger partial charge in [0.1, 0.15) is 36.6 Å². The van der Waals surface area contributed by atoms with Crippen molar-refractivity contribution in [1.82, 2.24) is 10.6 Å². The second-order valence-electron chi connectivity index (χ2n) is 33.8. The van der Waals surface area contributed by atoms with E-state index in [4.69, 9.17) is 32.9 Å². The third-order valence-electron chi connectivity index (χ3n) is 22.7. The molecule has 2 amide bonds. The predicted octanol–water partition coefficient (Wildman–Crippen LogP) is 23.8. The van der Waals surface area contributed by atoms with Gasteiger partial charge in [0.15, 0.2) is 12.4 Å². The smallest absolute Gasteiger partial charge is 0.462 e. The first-order valence-corrected chi connectivity index (χ1v) is 49.6. The van der Waals surface area contributed by atoms with E-state index in [1.165, 1.54) is 180 Å². The van der Waals surface area contributed by atoms with Gasteiger partial charge < -0.3 is 59.1 Å². The molecule has 0 radical (unpaired) electrons. The zero-order valence-corrected chi connectivity index (χ0v) is 75.0. The Morgan fingerprint density at radius 1 is 0.351 bits per heavy atom. The summed E-state index contributed by atoms with van der Waals surface area (Å²) in [6.07, 6.45) is 56.3. The van der Waals surface area contributed by atoms with Gasteiger partial charge in [-0.05, 0) is 57.8 Å². The minimum atomic E-state index is -5.53. The number of phosphoric ester groups is 1. The molecule has 0 bridgehead atoms. The Balaban J connectivity index is 3.78. The molecule has 0 saturated carbocycles. The van der Waals surface area contributed by atoms with Crippen molar-refractivity contribution in [3.05, 3.63) is 0 Å². The maximum Gasteiger partial charge on any atom is 0.470 e. The summed E-state index contributed by atoms with van der Waals surface area (Å²) in [5.41, 5.74) is 0. The number of carbonyl (C=O) groups excluding carboxylic acids is 6. The monoisotopic (exact) mass is 1640 g/mol. The molecule has 1 rings (SSSR count). The molecular formula is C93H177N2O18P. The first kappa shape index (κ1) is 109. The summed E-state index contributed by atoms with van der Waals surface area (Å²) in [6, 6.07) is -2.81. The Kier molecular flexibility index (Phi) is 74.7. The van der Waals surface area contributed by atoms with Gasteiger partial charge >= 0.3 is 31.7 Å². The standard InChI is InChI=1S/C93H177N2O18P/c1-7-13-19-25-31-37-40-46-52-58-64-70-86(100)108-80(67-61-55-49-43-34-28-22-16-10-4)73-84(98)94-79(76-96)78-107-93-90(95-85(99)74-81(68-62-56-50-44-35-29-23-17-11-5)109-87(101)71-65-59-53-47-41-38-32-26-20-14-8-2)92(91(83(77-97)111-93)113-114(104,105)106)112-89(103)75-82(69-63-57-51-45-36-30-24-18-12-6)110-88(102)72-66-60-54-48-42-39-33-27-21-15-9-3/h79-83,90-93,96-97H,7-78H2,1-6H3,(H,94,98)(H,95,99)(H2,104,105,106)/t79-,80+,81+,82+,83+,90+,91+,92-,93+/m0/s1. The molecule has 9 atom stereocenters. The van der Waals surface area contributed by atoms with Gasteiger partial charge in [-0.25, -0.2) is 4.57 Å². The van der Waals surface area contributed by atoms with Crippen LogP contribution in [0.15, 0.2) is 0 Å². The van der Waals surface area contributed by atoms with Crippen LogP contribution < -0.4 is 10.6 Å². The van der Waals surface area contributed by atoms with Crippen LogP contribution in [0, 0.1) is 0 Å². The van der Waals surface area contributed by atoms with E-state index in [2.05, 4.69) is 52.2 Å². The molecule has 1 heterocycles. The Labute approximate surface area is 696 Å². The number of ether oxygens (including phenoxy) is 6. The van der Waals surface area contributed by atoms with E-state index in [9.17, 15) is 53.3 Å². The summed E-state index contributed by atoms with van der Waals surface area (Å²) >= 11 is 0. The highest BCUT2D eigenvalue weighted by atomic mass is 31.2. The molecular weight excluding hydrogens is 1460 g/mol. The van der Waals surface area contributed by atoms with E-state index < -0.39 is 119 Å². The number of aliphatic hydroxyl groups is 2. The highest BCUT2D eigenvalue weighted by Gasteiger charge is 2.52. The highest BCUT2D eigenvalue weighted by Crippen LogP contribution is 2.43. The molecule has 0 spiro atoms. The Bertz CT molecular complexity index is 2300. The summed E-state index contributed by atoms with van der Waals surface area (Å²) < 4.78 is 55.8. The van der Waals surface area contributed by atoms with Crippen LogP contribution in [0.1, 0.15) is 485 Å². The van der Waals surface area contributed by atoms with Gasteiger partial charge in [0.25, 0.3) is 0 Å². The normalized spacial score (nSPS) is 16.8. The molecule has 0 aromatic heterocycles. The number of carbonyl (C=O) groups is 6. The van der Waals surface area contributed by atoms with Crippen molar-refractivity contribution in [3.8, 4) is 0 Å². The molecule has 1 saturated heterocycles. The quantitative estimate of drug-likeness (QED) is 0.0143. The Morgan fingerprint density at radius 2 is 0.623 bits per heavy atom. The van der Waals surface area contributed by atoms with E-state index in [1.54, 1.807) is 0 Å². The van der Waals surface area contributed by atoms with E-state index in [-0.39, 0.29) is 38.1 Å². The molecule has 1 fully saturated rings. The first-order valence-electron chi connectivity index (χ1n) is 48.1. The Hall–Kier alpha value is -3.23. The fraction of sp³-hybridized carbons (Fsp3) is 0.935. The largest absolute Gasteiger partial charge is 0.470 e. The molecule has 1 aliphatic heterocycles. The molecule has 1 aliphatic rings. The maximum absolute atomic E-state index is 15.0. The lowest BCUT2D eigenvalue weighted by atomic mass is 9.95. The highest BCUT2D eigenvalue weighted by molar-refractivity contribution is 7.46. The average Bonchev–Trinajstić information content (AvgIpc) is 0.780. The number of nitrogens with one attached hydrogen (secondary N) is 2. The predicted molar refractivity (Wildman–Crippen MR) is 462 cm³/mol. The maximum atomic E-state index is 15.0. The number of aliphatic hydroxyl groups excluding tert-OH is 2. The van der Waals surface area contributed by atoms with Gasteiger partial charge in [0.2, 0.25) is 11.8 Å². The van der Waals surface area contributed by atoms with Crippen LogP contribution in [0.2, 0.25) is 0 Å². The minimum Gasteiger partial charge on any atom is -0.462 e. The number of amides is 2. The second-order valence-corrected chi connectivity index (χ2v) is 35.0. The van der Waals surface area contributed by atoms with Gasteiger partial charge in [-0.15, -0.1) is 0 Å².